The van der Waals surface area contributed by atoms with Crippen LogP contribution in [-0.2, 0) is 9.53 Å². The van der Waals surface area contributed by atoms with Crippen LogP contribution in [0.15, 0.2) is 18.2 Å². The predicted molar refractivity (Wildman–Crippen MR) is 81.6 cm³/mol. The van der Waals surface area contributed by atoms with Gasteiger partial charge in [0.25, 0.3) is 0 Å². The molecule has 1 saturated heterocycles. The third kappa shape index (κ3) is 3.85. The van der Waals surface area contributed by atoms with Crippen LogP contribution < -0.4 is 15.5 Å². The fraction of sp³-hybridized carbons (Fsp3) is 0.500. The van der Waals surface area contributed by atoms with Crippen molar-refractivity contribution >= 4 is 28.9 Å². The van der Waals surface area contributed by atoms with E-state index in [1.54, 1.807) is 6.07 Å². The minimum atomic E-state index is -0.0657. The van der Waals surface area contributed by atoms with Crippen LogP contribution in [0.3, 0.4) is 0 Å². The van der Waals surface area contributed by atoms with Gasteiger partial charge in [0.2, 0.25) is 5.91 Å². The van der Waals surface area contributed by atoms with Gasteiger partial charge in [0.15, 0.2) is 0 Å². The van der Waals surface area contributed by atoms with E-state index in [0.29, 0.717) is 24.6 Å². The van der Waals surface area contributed by atoms with Crippen LogP contribution in [0.5, 0.6) is 0 Å². The highest BCUT2D eigenvalue weighted by Gasteiger charge is 2.18. The molecular formula is C14H20ClN3O2. The summed E-state index contributed by atoms with van der Waals surface area (Å²) in [6.45, 7) is 2.21. The van der Waals surface area contributed by atoms with Crippen molar-refractivity contribution in [3.63, 3.8) is 0 Å². The maximum absolute atomic E-state index is 12.1. The van der Waals surface area contributed by atoms with Crippen molar-refractivity contribution in [3.8, 4) is 0 Å². The molecule has 1 amide bonds. The van der Waals surface area contributed by atoms with Gasteiger partial charge in [-0.25, -0.2) is 0 Å². The van der Waals surface area contributed by atoms with Crippen LogP contribution in [0.1, 0.15) is 6.42 Å². The molecule has 2 N–H and O–H groups in total. The molecule has 1 aliphatic heterocycles. The quantitative estimate of drug-likeness (QED) is 0.888. The lowest BCUT2D eigenvalue weighted by molar-refractivity contribution is -0.119. The van der Waals surface area contributed by atoms with Gasteiger partial charge in [-0.3, -0.25) is 4.79 Å². The van der Waals surface area contributed by atoms with Crippen LogP contribution >= 0.6 is 11.6 Å². The minimum Gasteiger partial charge on any atom is -0.375 e. The number of rotatable bonds is 4. The summed E-state index contributed by atoms with van der Waals surface area (Å²) in [6, 6.07) is 5.48. The molecule has 1 aliphatic rings. The Hall–Kier alpha value is -1.30. The van der Waals surface area contributed by atoms with Crippen molar-refractivity contribution in [1.82, 2.24) is 5.32 Å². The Labute approximate surface area is 124 Å². The Morgan fingerprint density at radius 1 is 1.55 bits per heavy atom. The number of nitrogens with one attached hydrogen (secondary N) is 2. The van der Waals surface area contributed by atoms with Gasteiger partial charge in [-0.15, -0.1) is 0 Å². The predicted octanol–water partition coefficient (Wildman–Crippen LogP) is 1.72. The standard InChI is InChI=1S/C14H20ClN3O2/c1-18(2)14-11(15)4-3-5-12(14)17-13(19)8-10-9-16-6-7-20-10/h3-5,10,16H,6-9H2,1-2H3,(H,17,19). The smallest absolute Gasteiger partial charge is 0.227 e. The van der Waals surface area contributed by atoms with Crippen LogP contribution in [0.4, 0.5) is 11.4 Å². The summed E-state index contributed by atoms with van der Waals surface area (Å²) in [7, 11) is 3.79. The Balaban J connectivity index is 2.02. The number of anilines is 2. The molecule has 0 bridgehead atoms. The van der Waals surface area contributed by atoms with Crippen molar-refractivity contribution in [2.24, 2.45) is 0 Å². The Morgan fingerprint density at radius 2 is 2.35 bits per heavy atom. The van der Waals surface area contributed by atoms with Crippen molar-refractivity contribution in [2.45, 2.75) is 12.5 Å². The second-order valence-electron chi connectivity index (χ2n) is 4.98. The summed E-state index contributed by atoms with van der Waals surface area (Å²) in [5.74, 6) is -0.0657. The first kappa shape index (κ1) is 15.1. The molecular weight excluding hydrogens is 278 g/mol. The summed E-state index contributed by atoms with van der Waals surface area (Å²) >= 11 is 6.17. The Bertz CT molecular complexity index is 473. The maximum Gasteiger partial charge on any atom is 0.227 e. The number of hydrogen-bond acceptors (Lipinski definition) is 4. The number of carbonyl (C=O) groups excluding carboxylic acids is 1. The zero-order valence-corrected chi connectivity index (χ0v) is 12.5. The number of morpholine rings is 1. The van der Waals surface area contributed by atoms with Gasteiger partial charge in [0.1, 0.15) is 0 Å². The topological polar surface area (TPSA) is 53.6 Å². The molecule has 1 unspecified atom stereocenters. The molecule has 20 heavy (non-hydrogen) atoms. The molecule has 1 aromatic rings. The number of hydrogen-bond donors (Lipinski definition) is 2. The average Bonchev–Trinajstić information content (AvgIpc) is 2.39. The first-order valence-electron chi connectivity index (χ1n) is 6.66. The number of nitrogens with zero attached hydrogens (tertiary/aromatic N) is 1. The van der Waals surface area contributed by atoms with Gasteiger partial charge >= 0.3 is 0 Å². The van der Waals surface area contributed by atoms with Gasteiger partial charge in [-0.1, -0.05) is 17.7 Å². The second-order valence-corrected chi connectivity index (χ2v) is 5.39. The average molecular weight is 298 g/mol. The molecule has 1 heterocycles. The fourth-order valence-electron chi connectivity index (χ4n) is 2.23. The molecule has 0 radical (unpaired) electrons. The highest BCUT2D eigenvalue weighted by molar-refractivity contribution is 6.34. The zero-order valence-electron chi connectivity index (χ0n) is 11.8. The lowest BCUT2D eigenvalue weighted by Gasteiger charge is -2.24. The van der Waals surface area contributed by atoms with Gasteiger partial charge in [-0.2, -0.15) is 0 Å². The molecule has 110 valence electrons. The van der Waals surface area contributed by atoms with Crippen LogP contribution in [0, 0.1) is 0 Å². The molecule has 2 rings (SSSR count). The van der Waals surface area contributed by atoms with Crippen molar-refractivity contribution in [1.29, 1.82) is 0 Å². The molecule has 1 atom stereocenters. The van der Waals surface area contributed by atoms with Crippen molar-refractivity contribution in [3.05, 3.63) is 23.2 Å². The molecule has 0 saturated carbocycles. The number of para-hydroxylation sites is 1. The number of amides is 1. The lowest BCUT2D eigenvalue weighted by Crippen LogP contribution is -2.40. The van der Waals surface area contributed by atoms with Gasteiger partial charge in [-0.05, 0) is 12.1 Å². The molecule has 0 spiro atoms. The molecule has 0 aromatic heterocycles. The number of ether oxygens (including phenoxy) is 1. The summed E-state index contributed by atoms with van der Waals surface area (Å²) in [6.07, 6.45) is 0.276. The van der Waals surface area contributed by atoms with E-state index < -0.39 is 0 Å². The summed E-state index contributed by atoms with van der Waals surface area (Å²) in [5.41, 5.74) is 1.53. The number of benzene rings is 1. The summed E-state index contributed by atoms with van der Waals surface area (Å²) in [4.78, 5) is 14.0. The van der Waals surface area contributed by atoms with Gasteiger partial charge in [0.05, 0.1) is 35.5 Å². The van der Waals surface area contributed by atoms with E-state index in [9.17, 15) is 4.79 Å². The molecule has 0 aliphatic carbocycles. The zero-order chi connectivity index (χ0) is 14.5. The van der Waals surface area contributed by atoms with E-state index in [0.717, 1.165) is 17.9 Å². The molecule has 1 aromatic carbocycles. The maximum atomic E-state index is 12.1. The van der Waals surface area contributed by atoms with Crippen molar-refractivity contribution < 1.29 is 9.53 Å². The fourth-order valence-corrected chi connectivity index (χ4v) is 2.57. The normalized spacial score (nSPS) is 18.6. The van der Waals surface area contributed by atoms with Gasteiger partial charge in [0, 0.05) is 27.2 Å². The Kier molecular flexibility index (Phi) is 5.23. The van der Waals surface area contributed by atoms with Crippen molar-refractivity contribution in [2.75, 3.05) is 44.0 Å². The van der Waals surface area contributed by atoms with Crippen LogP contribution in [0.25, 0.3) is 0 Å². The summed E-state index contributed by atoms with van der Waals surface area (Å²) in [5, 5.41) is 6.73. The van der Waals surface area contributed by atoms with E-state index in [2.05, 4.69) is 10.6 Å². The highest BCUT2D eigenvalue weighted by Crippen LogP contribution is 2.32. The second kappa shape index (κ2) is 6.92. The molecule has 5 nitrogen and oxygen atoms in total. The van der Waals surface area contributed by atoms with E-state index in [4.69, 9.17) is 16.3 Å². The van der Waals surface area contributed by atoms with E-state index in [1.165, 1.54) is 0 Å². The van der Waals surface area contributed by atoms with Crippen LogP contribution in [-0.4, -0.2) is 45.8 Å². The third-order valence-electron chi connectivity index (χ3n) is 3.13. The Morgan fingerprint density at radius 3 is 3.00 bits per heavy atom. The first-order chi connectivity index (χ1) is 9.58. The highest BCUT2D eigenvalue weighted by atomic mass is 35.5. The first-order valence-corrected chi connectivity index (χ1v) is 7.03. The third-order valence-corrected chi connectivity index (χ3v) is 3.43. The van der Waals surface area contributed by atoms with Gasteiger partial charge < -0.3 is 20.3 Å². The van der Waals surface area contributed by atoms with E-state index in [-0.39, 0.29) is 12.0 Å². The van der Waals surface area contributed by atoms with E-state index >= 15 is 0 Å². The summed E-state index contributed by atoms with van der Waals surface area (Å²) < 4.78 is 5.53. The monoisotopic (exact) mass is 297 g/mol. The number of halogens is 1. The van der Waals surface area contributed by atoms with Crippen LogP contribution in [0.2, 0.25) is 5.02 Å². The lowest BCUT2D eigenvalue weighted by atomic mass is 10.2. The SMILES string of the molecule is CN(C)c1c(Cl)cccc1NC(=O)CC1CNCCO1. The number of carbonyl (C=O) groups is 1. The molecule has 1 fully saturated rings. The largest absolute Gasteiger partial charge is 0.375 e. The molecule has 6 heteroatoms. The minimum absolute atomic E-state index is 0.0641. The van der Waals surface area contributed by atoms with E-state index in [1.807, 2.05) is 31.1 Å².